The van der Waals surface area contributed by atoms with Gasteiger partial charge in [-0.25, -0.2) is 4.39 Å². The highest BCUT2D eigenvalue weighted by atomic mass is 19.1. The van der Waals surface area contributed by atoms with Crippen molar-refractivity contribution < 1.29 is 19.0 Å². The third-order valence-corrected chi connectivity index (χ3v) is 3.70. The van der Waals surface area contributed by atoms with E-state index in [9.17, 15) is 14.3 Å². The Morgan fingerprint density at radius 1 is 1.32 bits per heavy atom. The third kappa shape index (κ3) is 3.94. The van der Waals surface area contributed by atoms with Crippen molar-refractivity contribution in [1.82, 2.24) is 0 Å². The van der Waals surface area contributed by atoms with Crippen molar-refractivity contribution in [1.29, 1.82) is 0 Å². The predicted molar refractivity (Wildman–Crippen MR) is 71.8 cm³/mol. The summed E-state index contributed by atoms with van der Waals surface area (Å²) in [7, 11) is 0. The average Bonchev–Trinajstić information content (AvgIpc) is 2.41. The number of benzene rings is 1. The van der Waals surface area contributed by atoms with Gasteiger partial charge in [-0.15, -0.1) is 0 Å². The monoisotopic (exact) mass is 268 g/mol. The molecule has 0 aliphatic carbocycles. The first-order valence-electron chi connectivity index (χ1n) is 6.66. The van der Waals surface area contributed by atoms with Crippen LogP contribution in [0.15, 0.2) is 24.3 Å². The molecule has 0 aliphatic rings. The summed E-state index contributed by atoms with van der Waals surface area (Å²) in [6.07, 6.45) is 2.34. The van der Waals surface area contributed by atoms with Gasteiger partial charge in [-0.3, -0.25) is 4.79 Å². The van der Waals surface area contributed by atoms with E-state index >= 15 is 0 Å². The fourth-order valence-electron chi connectivity index (χ4n) is 2.17. The Kier molecular flexibility index (Phi) is 5.80. The highest BCUT2D eigenvalue weighted by Crippen LogP contribution is 2.32. The fraction of sp³-hybridized carbons (Fsp3) is 0.533. The summed E-state index contributed by atoms with van der Waals surface area (Å²) in [5.74, 6) is -0.933. The minimum absolute atomic E-state index is 0.219. The molecule has 4 heteroatoms. The summed E-state index contributed by atoms with van der Waals surface area (Å²) in [5.41, 5.74) is -0.682. The Balaban J connectivity index is 2.46. The molecule has 106 valence electrons. The van der Waals surface area contributed by atoms with Gasteiger partial charge in [0.25, 0.3) is 0 Å². The lowest BCUT2D eigenvalue weighted by Gasteiger charge is -2.26. The minimum Gasteiger partial charge on any atom is -0.491 e. The number of para-hydroxylation sites is 1. The van der Waals surface area contributed by atoms with Crippen LogP contribution in [0.4, 0.5) is 4.39 Å². The molecule has 0 spiro atoms. The Morgan fingerprint density at radius 3 is 2.47 bits per heavy atom. The van der Waals surface area contributed by atoms with Gasteiger partial charge in [0.15, 0.2) is 11.6 Å². The highest BCUT2D eigenvalue weighted by Gasteiger charge is 2.33. The Labute approximate surface area is 113 Å². The SMILES string of the molecule is CCC(CC)(CCCOc1ccccc1F)C(=O)O. The second kappa shape index (κ2) is 7.12. The number of hydrogen-bond acceptors (Lipinski definition) is 2. The van der Waals surface area contributed by atoms with Crippen molar-refractivity contribution in [2.24, 2.45) is 5.41 Å². The van der Waals surface area contributed by atoms with E-state index in [0.29, 0.717) is 32.3 Å². The molecular weight excluding hydrogens is 247 g/mol. The second-order valence-electron chi connectivity index (χ2n) is 4.68. The number of carboxylic acid groups (broad SMARTS) is 1. The first-order valence-corrected chi connectivity index (χ1v) is 6.66. The third-order valence-electron chi connectivity index (χ3n) is 3.70. The smallest absolute Gasteiger partial charge is 0.309 e. The number of carboxylic acids is 1. The van der Waals surface area contributed by atoms with Crippen molar-refractivity contribution in [2.45, 2.75) is 39.5 Å². The number of aliphatic carboxylic acids is 1. The zero-order valence-electron chi connectivity index (χ0n) is 11.5. The zero-order valence-corrected chi connectivity index (χ0v) is 11.5. The first-order chi connectivity index (χ1) is 9.05. The number of ether oxygens (including phenoxy) is 1. The molecule has 0 radical (unpaired) electrons. The predicted octanol–water partition coefficient (Wildman–Crippen LogP) is 3.88. The van der Waals surface area contributed by atoms with Crippen LogP contribution in [0, 0.1) is 11.2 Å². The molecule has 1 rings (SSSR count). The lowest BCUT2D eigenvalue weighted by atomic mass is 9.78. The van der Waals surface area contributed by atoms with Gasteiger partial charge in [-0.1, -0.05) is 26.0 Å². The molecule has 0 aromatic heterocycles. The molecule has 0 fully saturated rings. The molecule has 0 aliphatic heterocycles. The summed E-state index contributed by atoms with van der Waals surface area (Å²) < 4.78 is 18.6. The van der Waals surface area contributed by atoms with Crippen LogP contribution in [0.5, 0.6) is 5.75 Å². The van der Waals surface area contributed by atoms with E-state index in [1.54, 1.807) is 18.2 Å². The van der Waals surface area contributed by atoms with E-state index in [1.165, 1.54) is 6.07 Å². The molecule has 1 aromatic rings. The number of rotatable bonds is 8. The molecule has 0 bridgehead atoms. The fourth-order valence-corrected chi connectivity index (χ4v) is 2.17. The van der Waals surface area contributed by atoms with E-state index in [1.807, 2.05) is 13.8 Å². The van der Waals surface area contributed by atoms with Crippen LogP contribution in [0.3, 0.4) is 0 Å². The lowest BCUT2D eigenvalue weighted by Crippen LogP contribution is -2.30. The molecule has 3 nitrogen and oxygen atoms in total. The first kappa shape index (κ1) is 15.5. The Bertz CT molecular complexity index is 414. The summed E-state index contributed by atoms with van der Waals surface area (Å²) in [6.45, 7) is 4.10. The molecular formula is C15H21FO3. The summed E-state index contributed by atoms with van der Waals surface area (Å²) in [6, 6.07) is 6.22. The van der Waals surface area contributed by atoms with E-state index in [-0.39, 0.29) is 5.75 Å². The molecule has 0 amide bonds. The van der Waals surface area contributed by atoms with Gasteiger partial charge in [-0.2, -0.15) is 0 Å². The standard InChI is InChI=1S/C15H21FO3/c1-3-15(4-2,14(17)18)10-7-11-19-13-9-6-5-8-12(13)16/h5-6,8-9H,3-4,7,10-11H2,1-2H3,(H,17,18). The van der Waals surface area contributed by atoms with Crippen LogP contribution in [0.25, 0.3) is 0 Å². The molecule has 0 saturated heterocycles. The summed E-state index contributed by atoms with van der Waals surface area (Å²) in [4.78, 5) is 11.3. The second-order valence-corrected chi connectivity index (χ2v) is 4.68. The van der Waals surface area contributed by atoms with E-state index < -0.39 is 17.2 Å². The van der Waals surface area contributed by atoms with E-state index in [4.69, 9.17) is 4.74 Å². The van der Waals surface area contributed by atoms with Crippen molar-refractivity contribution >= 4 is 5.97 Å². The van der Waals surface area contributed by atoms with Crippen LogP contribution in [-0.2, 0) is 4.79 Å². The Hall–Kier alpha value is -1.58. The van der Waals surface area contributed by atoms with Crippen molar-refractivity contribution in [3.05, 3.63) is 30.1 Å². The number of carbonyl (C=O) groups is 1. The minimum atomic E-state index is -0.761. The normalized spacial score (nSPS) is 11.3. The molecule has 0 atom stereocenters. The maximum absolute atomic E-state index is 13.3. The van der Waals surface area contributed by atoms with Crippen LogP contribution >= 0.6 is 0 Å². The van der Waals surface area contributed by atoms with Crippen molar-refractivity contribution in [2.75, 3.05) is 6.61 Å². The van der Waals surface area contributed by atoms with Gasteiger partial charge in [0.1, 0.15) is 0 Å². The molecule has 1 N–H and O–H groups in total. The van der Waals surface area contributed by atoms with Gasteiger partial charge in [-0.05, 0) is 37.8 Å². The van der Waals surface area contributed by atoms with Crippen LogP contribution in [0.1, 0.15) is 39.5 Å². The average molecular weight is 268 g/mol. The highest BCUT2D eigenvalue weighted by molar-refractivity contribution is 5.74. The largest absolute Gasteiger partial charge is 0.491 e. The van der Waals surface area contributed by atoms with Crippen LogP contribution in [0.2, 0.25) is 0 Å². The lowest BCUT2D eigenvalue weighted by molar-refractivity contribution is -0.150. The Morgan fingerprint density at radius 2 is 1.95 bits per heavy atom. The zero-order chi connectivity index (χ0) is 14.3. The van der Waals surface area contributed by atoms with Gasteiger partial charge >= 0.3 is 5.97 Å². The quantitative estimate of drug-likeness (QED) is 0.728. The van der Waals surface area contributed by atoms with Crippen LogP contribution in [-0.4, -0.2) is 17.7 Å². The maximum Gasteiger partial charge on any atom is 0.309 e. The summed E-state index contributed by atoms with van der Waals surface area (Å²) >= 11 is 0. The van der Waals surface area contributed by atoms with Gasteiger partial charge in [0.05, 0.1) is 12.0 Å². The van der Waals surface area contributed by atoms with Gasteiger partial charge in [0.2, 0.25) is 0 Å². The van der Waals surface area contributed by atoms with Crippen molar-refractivity contribution in [3.8, 4) is 5.75 Å². The number of hydrogen-bond donors (Lipinski definition) is 1. The van der Waals surface area contributed by atoms with Crippen LogP contribution < -0.4 is 4.74 Å². The molecule has 0 heterocycles. The molecule has 1 aromatic carbocycles. The summed E-state index contributed by atoms with van der Waals surface area (Å²) in [5, 5.41) is 9.28. The number of halogens is 1. The van der Waals surface area contributed by atoms with Crippen molar-refractivity contribution in [3.63, 3.8) is 0 Å². The van der Waals surface area contributed by atoms with Gasteiger partial charge < -0.3 is 9.84 Å². The van der Waals surface area contributed by atoms with E-state index in [0.717, 1.165) is 0 Å². The van der Waals surface area contributed by atoms with Gasteiger partial charge in [0, 0.05) is 0 Å². The van der Waals surface area contributed by atoms with E-state index in [2.05, 4.69) is 0 Å². The maximum atomic E-state index is 13.3. The molecule has 19 heavy (non-hydrogen) atoms. The molecule has 0 unspecified atom stereocenters. The molecule has 0 saturated carbocycles. The topological polar surface area (TPSA) is 46.5 Å².